The summed E-state index contributed by atoms with van der Waals surface area (Å²) >= 11 is 0. The lowest BCUT2D eigenvalue weighted by molar-refractivity contribution is -0.140. The van der Waals surface area contributed by atoms with E-state index in [1.807, 2.05) is 18.2 Å². The number of ether oxygens (including phenoxy) is 3. The lowest BCUT2D eigenvalue weighted by atomic mass is 9.98. The molecular weight excluding hydrogens is 438 g/mol. The monoisotopic (exact) mass is 463 g/mol. The number of aryl methyl sites for hydroxylation is 1. The number of ketones is 1. The Bertz CT molecular complexity index is 1270. The summed E-state index contributed by atoms with van der Waals surface area (Å²) in [5.74, 6) is 0.361. The van der Waals surface area contributed by atoms with Crippen molar-refractivity contribution in [3.05, 3.63) is 82.8 Å². The van der Waals surface area contributed by atoms with Gasteiger partial charge in [0.15, 0.2) is 0 Å². The largest absolute Gasteiger partial charge is 0.507 e. The molecule has 2 heterocycles. The molecule has 1 saturated heterocycles. The summed E-state index contributed by atoms with van der Waals surface area (Å²) in [5, 5.41) is 11.3. The SMILES string of the molecule is COc1ccc(OC)c(/C(O)=C2\C(=O)C(=O)N(Cc3ccccc3OC)C2c2ccc(C)o2)c1. The number of furan rings is 1. The van der Waals surface area contributed by atoms with Gasteiger partial charge >= 0.3 is 0 Å². The maximum atomic E-state index is 13.3. The summed E-state index contributed by atoms with van der Waals surface area (Å²) in [5.41, 5.74) is 0.838. The number of hydrogen-bond acceptors (Lipinski definition) is 7. The summed E-state index contributed by atoms with van der Waals surface area (Å²) in [6, 6.07) is 14.5. The molecule has 1 fully saturated rings. The summed E-state index contributed by atoms with van der Waals surface area (Å²) in [4.78, 5) is 27.9. The summed E-state index contributed by atoms with van der Waals surface area (Å²) in [6.45, 7) is 1.84. The second kappa shape index (κ2) is 9.35. The van der Waals surface area contributed by atoms with Crippen LogP contribution in [0.25, 0.3) is 5.76 Å². The fourth-order valence-electron chi connectivity index (χ4n) is 4.10. The number of Topliss-reactive ketones (excluding diaryl/α,β-unsaturated/α-hetero) is 1. The van der Waals surface area contributed by atoms with E-state index in [2.05, 4.69) is 0 Å². The zero-order chi connectivity index (χ0) is 24.4. The Labute approximate surface area is 197 Å². The Morgan fingerprint density at radius 1 is 0.971 bits per heavy atom. The average Bonchev–Trinajstić information content (AvgIpc) is 3.39. The Hall–Kier alpha value is -4.20. The highest BCUT2D eigenvalue weighted by atomic mass is 16.5. The highest BCUT2D eigenvalue weighted by Crippen LogP contribution is 2.43. The molecule has 1 N–H and O–H groups in total. The number of para-hydroxylation sites is 1. The number of methoxy groups -OCH3 is 3. The van der Waals surface area contributed by atoms with Crippen LogP contribution >= 0.6 is 0 Å². The van der Waals surface area contributed by atoms with Crippen LogP contribution in [-0.2, 0) is 16.1 Å². The molecule has 8 nitrogen and oxygen atoms in total. The predicted molar refractivity (Wildman–Crippen MR) is 124 cm³/mol. The molecule has 1 aliphatic heterocycles. The fraction of sp³-hybridized carbons (Fsp3) is 0.231. The van der Waals surface area contributed by atoms with E-state index in [-0.39, 0.29) is 23.4 Å². The van der Waals surface area contributed by atoms with E-state index in [4.69, 9.17) is 18.6 Å². The van der Waals surface area contributed by atoms with E-state index < -0.39 is 17.7 Å². The topological polar surface area (TPSA) is 98.4 Å². The van der Waals surface area contributed by atoms with E-state index in [1.165, 1.54) is 26.2 Å². The van der Waals surface area contributed by atoms with Crippen LogP contribution in [0.2, 0.25) is 0 Å². The van der Waals surface area contributed by atoms with Crippen LogP contribution in [0, 0.1) is 6.92 Å². The number of aliphatic hydroxyl groups is 1. The van der Waals surface area contributed by atoms with Crippen molar-refractivity contribution >= 4 is 17.4 Å². The van der Waals surface area contributed by atoms with E-state index in [9.17, 15) is 14.7 Å². The van der Waals surface area contributed by atoms with Crippen LogP contribution in [-0.4, -0.2) is 43.0 Å². The van der Waals surface area contributed by atoms with Crippen LogP contribution in [0.15, 0.2) is 64.6 Å². The van der Waals surface area contributed by atoms with Crippen LogP contribution in [0.4, 0.5) is 0 Å². The molecule has 1 unspecified atom stereocenters. The number of amides is 1. The van der Waals surface area contributed by atoms with Crippen molar-refractivity contribution in [2.75, 3.05) is 21.3 Å². The van der Waals surface area contributed by atoms with Crippen LogP contribution in [0.1, 0.15) is 28.7 Å². The van der Waals surface area contributed by atoms with E-state index in [0.29, 0.717) is 34.3 Å². The van der Waals surface area contributed by atoms with Gasteiger partial charge in [-0.3, -0.25) is 9.59 Å². The van der Waals surface area contributed by atoms with Gasteiger partial charge in [0.05, 0.1) is 39.0 Å². The predicted octanol–water partition coefficient (Wildman–Crippen LogP) is 4.24. The van der Waals surface area contributed by atoms with Crippen LogP contribution in [0.3, 0.4) is 0 Å². The minimum absolute atomic E-state index is 0.0744. The molecule has 34 heavy (non-hydrogen) atoms. The third kappa shape index (κ3) is 3.98. The van der Waals surface area contributed by atoms with Crippen molar-refractivity contribution in [2.24, 2.45) is 0 Å². The number of hydrogen-bond donors (Lipinski definition) is 1. The molecule has 176 valence electrons. The standard InChI is InChI=1S/C26H25NO7/c1-15-9-11-21(34-15)23-22(24(28)18-13-17(31-2)10-12-20(18)33-4)25(29)26(30)27(23)14-16-7-5-6-8-19(16)32-3/h5-13,23,28H,14H2,1-4H3/b24-22+. The van der Waals surface area contributed by atoms with Gasteiger partial charge in [0.2, 0.25) is 0 Å². The van der Waals surface area contributed by atoms with Crippen molar-refractivity contribution in [3.63, 3.8) is 0 Å². The van der Waals surface area contributed by atoms with Crippen molar-refractivity contribution in [2.45, 2.75) is 19.5 Å². The number of benzene rings is 2. The van der Waals surface area contributed by atoms with Crippen molar-refractivity contribution in [1.29, 1.82) is 0 Å². The first-order chi connectivity index (χ1) is 16.4. The van der Waals surface area contributed by atoms with Gasteiger partial charge < -0.3 is 28.6 Å². The molecular formula is C26H25NO7. The van der Waals surface area contributed by atoms with E-state index in [0.717, 1.165) is 0 Å². The first-order valence-electron chi connectivity index (χ1n) is 10.6. The second-order valence-electron chi connectivity index (χ2n) is 7.75. The Morgan fingerprint density at radius 2 is 1.71 bits per heavy atom. The fourth-order valence-corrected chi connectivity index (χ4v) is 4.10. The molecule has 8 heteroatoms. The lowest BCUT2D eigenvalue weighted by Crippen LogP contribution is -2.29. The first kappa shape index (κ1) is 23.0. The van der Waals surface area contributed by atoms with Gasteiger partial charge in [-0.1, -0.05) is 18.2 Å². The van der Waals surface area contributed by atoms with Crippen LogP contribution < -0.4 is 14.2 Å². The molecule has 0 aliphatic carbocycles. The molecule has 1 aromatic heterocycles. The number of aliphatic hydroxyl groups excluding tert-OH is 1. The molecule has 0 saturated carbocycles. The van der Waals surface area contributed by atoms with Crippen LogP contribution in [0.5, 0.6) is 17.2 Å². The lowest BCUT2D eigenvalue weighted by Gasteiger charge is -2.24. The Kier molecular flexibility index (Phi) is 6.32. The molecule has 2 aromatic carbocycles. The highest BCUT2D eigenvalue weighted by molar-refractivity contribution is 6.46. The smallest absolute Gasteiger partial charge is 0.296 e. The van der Waals surface area contributed by atoms with Gasteiger partial charge in [0.25, 0.3) is 11.7 Å². The molecule has 1 aliphatic rings. The van der Waals surface area contributed by atoms with Gasteiger partial charge in [-0.25, -0.2) is 0 Å². The highest BCUT2D eigenvalue weighted by Gasteiger charge is 2.48. The minimum atomic E-state index is -0.950. The van der Waals surface area contributed by atoms with Crippen molar-refractivity contribution in [1.82, 2.24) is 4.90 Å². The quantitative estimate of drug-likeness (QED) is 0.318. The van der Waals surface area contributed by atoms with Gasteiger partial charge in [0.1, 0.15) is 40.6 Å². The van der Waals surface area contributed by atoms with Gasteiger partial charge in [-0.05, 0) is 43.3 Å². The number of carbonyl (C=O) groups is 2. The Balaban J connectivity index is 1.90. The molecule has 1 amide bonds. The molecule has 0 spiro atoms. The van der Waals surface area contributed by atoms with Crippen molar-refractivity contribution < 1.29 is 33.3 Å². The molecule has 0 bridgehead atoms. The summed E-state index contributed by atoms with van der Waals surface area (Å²) in [7, 11) is 4.48. The molecule has 4 rings (SSSR count). The second-order valence-corrected chi connectivity index (χ2v) is 7.75. The van der Waals surface area contributed by atoms with E-state index in [1.54, 1.807) is 43.3 Å². The minimum Gasteiger partial charge on any atom is -0.507 e. The van der Waals surface area contributed by atoms with E-state index >= 15 is 0 Å². The first-order valence-corrected chi connectivity index (χ1v) is 10.6. The number of nitrogens with zero attached hydrogens (tertiary/aromatic N) is 1. The number of likely N-dealkylation sites (tertiary alicyclic amines) is 1. The normalized spacial score (nSPS) is 17.2. The molecule has 3 aromatic rings. The number of carbonyl (C=O) groups excluding carboxylic acids is 2. The van der Waals surface area contributed by atoms with Gasteiger partial charge in [0, 0.05) is 5.56 Å². The maximum absolute atomic E-state index is 13.3. The zero-order valence-electron chi connectivity index (χ0n) is 19.3. The third-order valence-electron chi connectivity index (χ3n) is 5.77. The summed E-state index contributed by atoms with van der Waals surface area (Å²) in [6.07, 6.45) is 0. The molecule has 1 atom stereocenters. The Morgan fingerprint density at radius 3 is 2.35 bits per heavy atom. The van der Waals surface area contributed by atoms with Gasteiger partial charge in [-0.2, -0.15) is 0 Å². The molecule has 0 radical (unpaired) electrons. The van der Waals surface area contributed by atoms with Crippen molar-refractivity contribution in [3.8, 4) is 17.2 Å². The van der Waals surface area contributed by atoms with Gasteiger partial charge in [-0.15, -0.1) is 0 Å². The maximum Gasteiger partial charge on any atom is 0.296 e. The third-order valence-corrected chi connectivity index (χ3v) is 5.77. The average molecular weight is 463 g/mol. The number of rotatable bonds is 7. The summed E-state index contributed by atoms with van der Waals surface area (Å²) < 4.78 is 21.9. The zero-order valence-corrected chi connectivity index (χ0v) is 19.3.